The van der Waals surface area contributed by atoms with Crippen LogP contribution in [0, 0.1) is 5.92 Å². The van der Waals surface area contributed by atoms with Crippen molar-refractivity contribution in [2.24, 2.45) is 5.92 Å². The van der Waals surface area contributed by atoms with E-state index in [4.69, 9.17) is 4.42 Å². The highest BCUT2D eigenvalue weighted by Crippen LogP contribution is 2.50. The Kier molecular flexibility index (Phi) is 4.17. The summed E-state index contributed by atoms with van der Waals surface area (Å²) in [5.41, 5.74) is 1.35. The van der Waals surface area contributed by atoms with Gasteiger partial charge >= 0.3 is 0 Å². The van der Waals surface area contributed by atoms with Crippen molar-refractivity contribution in [1.29, 1.82) is 0 Å². The predicted molar refractivity (Wildman–Crippen MR) is 97.2 cm³/mol. The van der Waals surface area contributed by atoms with Crippen molar-refractivity contribution < 1.29 is 9.21 Å². The number of nitrogens with zero attached hydrogens (tertiary/aromatic N) is 5. The molecule has 1 amide bonds. The summed E-state index contributed by atoms with van der Waals surface area (Å²) < 4.78 is 5.94. The first-order chi connectivity index (χ1) is 12.5. The lowest BCUT2D eigenvalue weighted by Gasteiger charge is -2.25. The third kappa shape index (κ3) is 2.57. The van der Waals surface area contributed by atoms with Gasteiger partial charge in [0.05, 0.1) is 16.7 Å². The molecule has 7 nitrogen and oxygen atoms in total. The Morgan fingerprint density at radius 2 is 2.27 bits per heavy atom. The number of likely N-dealkylation sites (tertiary alicyclic amines) is 1. The maximum absolute atomic E-state index is 13.2. The fourth-order valence-electron chi connectivity index (χ4n) is 4.50. The fraction of sp³-hybridized carbons (Fsp3) is 0.579. The lowest BCUT2D eigenvalue weighted by molar-refractivity contribution is 0.0776. The van der Waals surface area contributed by atoms with Gasteiger partial charge in [-0.2, -0.15) is 0 Å². The molecule has 2 fully saturated rings. The molecule has 26 heavy (non-hydrogen) atoms. The molecule has 2 aromatic rings. The number of pyridine rings is 1. The molecule has 2 atom stereocenters. The second-order valence-corrected chi connectivity index (χ2v) is 7.57. The summed E-state index contributed by atoms with van der Waals surface area (Å²) >= 11 is 0. The number of hydrogen-bond acceptors (Lipinski definition) is 6. The number of amides is 1. The van der Waals surface area contributed by atoms with Crippen molar-refractivity contribution in [2.45, 2.75) is 38.0 Å². The molecule has 7 heteroatoms. The molecule has 0 radical (unpaired) electrons. The van der Waals surface area contributed by atoms with Crippen LogP contribution < -0.4 is 4.90 Å². The van der Waals surface area contributed by atoms with Gasteiger partial charge in [-0.25, -0.2) is 0 Å². The number of fused-ring (bicyclic) bond motifs is 1. The highest BCUT2D eigenvalue weighted by Gasteiger charge is 2.55. The fourth-order valence-corrected chi connectivity index (χ4v) is 4.50. The zero-order chi connectivity index (χ0) is 18.3. The van der Waals surface area contributed by atoms with Gasteiger partial charge in [0.2, 0.25) is 11.8 Å². The molecule has 0 bridgehead atoms. The average molecular weight is 355 g/mol. The first-order valence-corrected chi connectivity index (χ1v) is 9.28. The van der Waals surface area contributed by atoms with Crippen molar-refractivity contribution in [3.05, 3.63) is 35.8 Å². The number of hydrogen-bond donors (Lipinski definition) is 0. The molecule has 0 aromatic carbocycles. The van der Waals surface area contributed by atoms with E-state index < -0.39 is 0 Å². The number of carbonyl (C=O) groups is 1. The van der Waals surface area contributed by atoms with E-state index in [0.29, 0.717) is 29.8 Å². The molecule has 2 aromatic heterocycles. The Balaban J connectivity index is 1.64. The molecule has 1 saturated carbocycles. The van der Waals surface area contributed by atoms with E-state index in [1.807, 2.05) is 36.9 Å². The van der Waals surface area contributed by atoms with Gasteiger partial charge in [-0.05, 0) is 24.8 Å². The Morgan fingerprint density at radius 1 is 1.42 bits per heavy atom. The molecule has 1 saturated heterocycles. The van der Waals surface area contributed by atoms with Gasteiger partial charge in [0.25, 0.3) is 5.91 Å². The van der Waals surface area contributed by atoms with Crippen molar-refractivity contribution in [3.8, 4) is 0 Å². The monoisotopic (exact) mass is 355 g/mol. The minimum absolute atomic E-state index is 0.0332. The standard InChI is InChI=1S/C19H25N5O2/c1-4-16-21-22-18(26-16)19-8-5-6-13(19)11-24(12-19)17(25)14-10-20-9-7-15(14)23(2)3/h7,9-10,13H,4-6,8,11-12H2,1-3H3/t13-,19-/m0/s1. The third-order valence-electron chi connectivity index (χ3n) is 5.86. The summed E-state index contributed by atoms with van der Waals surface area (Å²) in [6.45, 7) is 3.39. The minimum Gasteiger partial charge on any atom is -0.425 e. The minimum atomic E-state index is -0.184. The van der Waals surface area contributed by atoms with Crippen LogP contribution >= 0.6 is 0 Å². The van der Waals surface area contributed by atoms with E-state index in [1.54, 1.807) is 12.4 Å². The maximum atomic E-state index is 13.2. The molecular weight excluding hydrogens is 330 g/mol. The first-order valence-electron chi connectivity index (χ1n) is 9.28. The maximum Gasteiger partial charge on any atom is 0.257 e. The molecular formula is C19H25N5O2. The number of aromatic nitrogens is 3. The highest BCUT2D eigenvalue weighted by atomic mass is 16.4. The number of anilines is 1. The Bertz CT molecular complexity index is 818. The van der Waals surface area contributed by atoms with Gasteiger partial charge in [0, 0.05) is 46.0 Å². The Labute approximate surface area is 153 Å². The van der Waals surface area contributed by atoms with Crippen LogP contribution in [0.1, 0.15) is 48.3 Å². The molecule has 1 aliphatic heterocycles. The molecule has 0 N–H and O–H groups in total. The Hall–Kier alpha value is -2.44. The largest absolute Gasteiger partial charge is 0.425 e. The summed E-state index contributed by atoms with van der Waals surface area (Å²) in [7, 11) is 3.88. The van der Waals surface area contributed by atoms with Gasteiger partial charge in [-0.1, -0.05) is 13.3 Å². The zero-order valence-electron chi connectivity index (χ0n) is 15.6. The van der Waals surface area contributed by atoms with Crippen molar-refractivity contribution in [2.75, 3.05) is 32.1 Å². The van der Waals surface area contributed by atoms with E-state index in [9.17, 15) is 4.79 Å². The van der Waals surface area contributed by atoms with Gasteiger partial charge < -0.3 is 14.2 Å². The third-order valence-corrected chi connectivity index (χ3v) is 5.86. The van der Waals surface area contributed by atoms with E-state index in [-0.39, 0.29) is 11.3 Å². The van der Waals surface area contributed by atoms with Gasteiger partial charge in [-0.15, -0.1) is 10.2 Å². The summed E-state index contributed by atoms with van der Waals surface area (Å²) in [4.78, 5) is 21.3. The topological polar surface area (TPSA) is 75.4 Å². The van der Waals surface area contributed by atoms with Gasteiger partial charge in [0.15, 0.2) is 0 Å². The molecule has 3 heterocycles. The average Bonchev–Trinajstić information content (AvgIpc) is 3.34. The van der Waals surface area contributed by atoms with Gasteiger partial charge in [0.1, 0.15) is 0 Å². The number of carbonyl (C=O) groups excluding carboxylic acids is 1. The zero-order valence-corrected chi connectivity index (χ0v) is 15.6. The van der Waals surface area contributed by atoms with E-state index in [2.05, 4.69) is 15.2 Å². The lowest BCUT2D eigenvalue weighted by Crippen LogP contribution is -2.35. The Morgan fingerprint density at radius 3 is 3.00 bits per heavy atom. The normalized spacial score (nSPS) is 24.7. The van der Waals surface area contributed by atoms with Crippen LogP contribution in [0.3, 0.4) is 0 Å². The molecule has 138 valence electrons. The van der Waals surface area contributed by atoms with Crippen LogP contribution in [0.5, 0.6) is 0 Å². The second kappa shape index (κ2) is 6.37. The molecule has 0 spiro atoms. The van der Waals surface area contributed by atoms with Crippen LogP contribution in [0.25, 0.3) is 0 Å². The van der Waals surface area contributed by atoms with Crippen molar-refractivity contribution in [1.82, 2.24) is 20.1 Å². The van der Waals surface area contributed by atoms with Crippen LogP contribution in [0.2, 0.25) is 0 Å². The predicted octanol–water partition coefficient (Wildman–Crippen LogP) is 2.29. The molecule has 1 aliphatic carbocycles. The second-order valence-electron chi connectivity index (χ2n) is 7.57. The van der Waals surface area contributed by atoms with Crippen LogP contribution in [0.4, 0.5) is 5.69 Å². The van der Waals surface area contributed by atoms with Crippen molar-refractivity contribution in [3.63, 3.8) is 0 Å². The van der Waals surface area contributed by atoms with Crippen LogP contribution in [0.15, 0.2) is 22.9 Å². The first kappa shape index (κ1) is 17.0. The highest BCUT2D eigenvalue weighted by molar-refractivity contribution is 5.99. The SMILES string of the molecule is CCc1nnc([C@]23CCC[C@H]2CN(C(=O)c2cnccc2N(C)C)C3)o1. The van der Waals surface area contributed by atoms with E-state index in [0.717, 1.165) is 37.9 Å². The summed E-state index contributed by atoms with van der Waals surface area (Å²) in [5.74, 6) is 1.81. The molecule has 4 rings (SSSR count). The number of aryl methyl sites for hydroxylation is 1. The lowest BCUT2D eigenvalue weighted by atomic mass is 9.80. The smallest absolute Gasteiger partial charge is 0.257 e. The van der Waals surface area contributed by atoms with Gasteiger partial charge in [-0.3, -0.25) is 9.78 Å². The summed E-state index contributed by atoms with van der Waals surface area (Å²) in [5, 5.41) is 8.50. The molecule has 0 unspecified atom stereocenters. The van der Waals surface area contributed by atoms with E-state index >= 15 is 0 Å². The van der Waals surface area contributed by atoms with Crippen LogP contribution in [-0.4, -0.2) is 53.2 Å². The van der Waals surface area contributed by atoms with E-state index in [1.165, 1.54) is 0 Å². The summed E-state index contributed by atoms with van der Waals surface area (Å²) in [6.07, 6.45) is 7.36. The quantitative estimate of drug-likeness (QED) is 0.838. The van der Waals surface area contributed by atoms with Crippen molar-refractivity contribution >= 4 is 11.6 Å². The number of rotatable bonds is 4. The van der Waals surface area contributed by atoms with Crippen LogP contribution in [-0.2, 0) is 11.8 Å². The molecule has 2 aliphatic rings. The summed E-state index contributed by atoms with van der Waals surface area (Å²) in [6, 6.07) is 1.88.